The fourth-order valence-electron chi connectivity index (χ4n) is 0.724. The van der Waals surface area contributed by atoms with E-state index >= 15 is 0 Å². The zero-order valence-corrected chi connectivity index (χ0v) is 9.80. The number of alkyl halides is 1. The summed E-state index contributed by atoms with van der Waals surface area (Å²) < 4.78 is 5.00. The van der Waals surface area contributed by atoms with Gasteiger partial charge in [-0.15, -0.1) is 11.3 Å². The Bertz CT molecular complexity index is 337. The van der Waals surface area contributed by atoms with Crippen LogP contribution in [0.1, 0.15) is 5.56 Å². The van der Waals surface area contributed by atoms with Gasteiger partial charge in [-0.05, 0) is 11.4 Å². The maximum Gasteiger partial charge on any atom is 0.359 e. The lowest BCUT2D eigenvalue weighted by Crippen LogP contribution is -2.09. The third kappa shape index (κ3) is 3.12. The Labute approximate surface area is 93.6 Å². The Balaban J connectivity index is 2.60. The molecule has 0 saturated heterocycles. The molecule has 1 aromatic rings. The number of thiophene rings is 1. The van der Waals surface area contributed by atoms with Gasteiger partial charge < -0.3 is 9.57 Å². The number of oxime groups is 1. The minimum absolute atomic E-state index is 0.545. The summed E-state index contributed by atoms with van der Waals surface area (Å²) in [6.45, 7) is 0. The highest BCUT2D eigenvalue weighted by atomic mass is 79.9. The van der Waals surface area contributed by atoms with Gasteiger partial charge in [0.25, 0.3) is 0 Å². The highest BCUT2D eigenvalue weighted by Gasteiger charge is 2.08. The molecule has 0 N–H and O–H groups in total. The van der Waals surface area contributed by atoms with E-state index < -0.39 is 5.97 Å². The fourth-order valence-corrected chi connectivity index (χ4v) is 2.13. The highest BCUT2D eigenvalue weighted by Crippen LogP contribution is 2.27. The Kier molecular flexibility index (Phi) is 4.61. The summed E-state index contributed by atoms with van der Waals surface area (Å²) in [7, 11) is 1.36. The molecule has 0 saturated carbocycles. The predicted octanol–water partition coefficient (Wildman–Crippen LogP) is 2.18. The molecule has 0 fully saturated rings. The van der Waals surface area contributed by atoms with E-state index in [0.717, 1.165) is 11.8 Å². The van der Waals surface area contributed by atoms with Gasteiger partial charge in [0.15, 0.2) is 11.3 Å². The van der Waals surface area contributed by atoms with E-state index in [2.05, 4.69) is 25.9 Å². The SMILES string of the molecule is CON=CC(=O)Oc1sccc1CBr. The van der Waals surface area contributed by atoms with E-state index in [1.165, 1.54) is 18.4 Å². The molecule has 0 unspecified atom stereocenters. The van der Waals surface area contributed by atoms with Gasteiger partial charge in [-0.25, -0.2) is 4.79 Å². The molecule has 0 aliphatic heterocycles. The minimum Gasteiger partial charge on any atom is -0.411 e. The summed E-state index contributed by atoms with van der Waals surface area (Å²) >= 11 is 4.65. The second-order valence-corrected chi connectivity index (χ2v) is 3.64. The van der Waals surface area contributed by atoms with Crippen LogP contribution >= 0.6 is 27.3 Å². The van der Waals surface area contributed by atoms with Crippen LogP contribution in [-0.2, 0) is 15.0 Å². The first-order chi connectivity index (χ1) is 6.77. The van der Waals surface area contributed by atoms with Gasteiger partial charge in [-0.3, -0.25) is 0 Å². The first-order valence-corrected chi connectivity index (χ1v) is 5.68. The van der Waals surface area contributed by atoms with Crippen LogP contribution in [0.25, 0.3) is 0 Å². The third-order valence-electron chi connectivity index (χ3n) is 1.31. The van der Waals surface area contributed by atoms with Crippen LogP contribution in [0, 0.1) is 0 Å². The fraction of sp³-hybridized carbons (Fsp3) is 0.250. The molecule has 1 aromatic heterocycles. The van der Waals surface area contributed by atoms with E-state index in [4.69, 9.17) is 4.74 Å². The number of rotatable bonds is 4. The number of carbonyl (C=O) groups is 1. The van der Waals surface area contributed by atoms with Crippen molar-refractivity contribution in [3.05, 3.63) is 17.0 Å². The topological polar surface area (TPSA) is 47.9 Å². The van der Waals surface area contributed by atoms with Crippen LogP contribution in [0.15, 0.2) is 16.6 Å². The first kappa shape index (κ1) is 11.2. The zero-order chi connectivity index (χ0) is 10.4. The van der Waals surface area contributed by atoms with Crippen LogP contribution in [0.4, 0.5) is 0 Å². The number of nitrogens with zero attached hydrogens (tertiary/aromatic N) is 1. The van der Waals surface area contributed by atoms with Crippen molar-refractivity contribution in [1.82, 2.24) is 0 Å². The third-order valence-corrected chi connectivity index (χ3v) is 2.74. The van der Waals surface area contributed by atoms with Gasteiger partial charge in [0.05, 0.1) is 0 Å². The number of esters is 1. The Morgan fingerprint density at radius 3 is 3.21 bits per heavy atom. The van der Waals surface area contributed by atoms with E-state index in [0.29, 0.717) is 10.4 Å². The van der Waals surface area contributed by atoms with Crippen molar-refractivity contribution < 1.29 is 14.4 Å². The van der Waals surface area contributed by atoms with Gasteiger partial charge in [-0.1, -0.05) is 21.1 Å². The van der Waals surface area contributed by atoms with Crippen molar-refractivity contribution in [1.29, 1.82) is 0 Å². The van der Waals surface area contributed by atoms with Crippen molar-refractivity contribution in [2.24, 2.45) is 5.16 Å². The quantitative estimate of drug-likeness (QED) is 0.367. The average Bonchev–Trinajstić information content (AvgIpc) is 2.62. The summed E-state index contributed by atoms with van der Waals surface area (Å²) in [5.74, 6) is -0.545. The van der Waals surface area contributed by atoms with Crippen molar-refractivity contribution >= 4 is 39.5 Å². The van der Waals surface area contributed by atoms with Crippen LogP contribution in [0.5, 0.6) is 5.06 Å². The molecule has 1 heterocycles. The van der Waals surface area contributed by atoms with Crippen molar-refractivity contribution in [3.63, 3.8) is 0 Å². The summed E-state index contributed by atoms with van der Waals surface area (Å²) in [6.07, 6.45) is 0.984. The molecule has 1 rings (SSSR count). The highest BCUT2D eigenvalue weighted by molar-refractivity contribution is 9.08. The molecule has 14 heavy (non-hydrogen) atoms. The molecule has 0 amide bonds. The lowest BCUT2D eigenvalue weighted by Gasteiger charge is -1.98. The Morgan fingerprint density at radius 1 is 1.79 bits per heavy atom. The van der Waals surface area contributed by atoms with Gasteiger partial charge >= 0.3 is 5.97 Å². The van der Waals surface area contributed by atoms with Crippen LogP contribution in [0.2, 0.25) is 0 Å². The van der Waals surface area contributed by atoms with Gasteiger partial charge in [0.2, 0.25) is 0 Å². The molecular weight excluding hydrogens is 270 g/mol. The molecule has 0 aromatic carbocycles. The first-order valence-electron chi connectivity index (χ1n) is 3.68. The van der Waals surface area contributed by atoms with E-state index in [9.17, 15) is 4.79 Å². The summed E-state index contributed by atoms with van der Waals surface area (Å²) in [4.78, 5) is 15.4. The lowest BCUT2D eigenvalue weighted by atomic mass is 10.4. The maximum absolute atomic E-state index is 11.1. The molecule has 0 atom stereocenters. The second kappa shape index (κ2) is 5.77. The molecule has 0 radical (unpaired) electrons. The van der Waals surface area contributed by atoms with E-state index in [1.54, 1.807) is 0 Å². The molecule has 76 valence electrons. The Morgan fingerprint density at radius 2 is 2.57 bits per heavy atom. The molecule has 4 nitrogen and oxygen atoms in total. The average molecular weight is 278 g/mol. The molecule has 0 aliphatic rings. The van der Waals surface area contributed by atoms with Crippen molar-refractivity contribution in [2.75, 3.05) is 7.11 Å². The number of hydrogen-bond acceptors (Lipinski definition) is 5. The smallest absolute Gasteiger partial charge is 0.359 e. The zero-order valence-electron chi connectivity index (χ0n) is 7.40. The standard InChI is InChI=1S/C8H8BrNO3S/c1-12-10-5-7(11)13-8-6(4-9)2-3-14-8/h2-3,5H,4H2,1H3. The van der Waals surface area contributed by atoms with Crippen LogP contribution in [-0.4, -0.2) is 19.3 Å². The van der Waals surface area contributed by atoms with Crippen LogP contribution in [0.3, 0.4) is 0 Å². The lowest BCUT2D eigenvalue weighted by molar-refractivity contribution is -0.126. The molecule has 6 heteroatoms. The monoisotopic (exact) mass is 277 g/mol. The molecule has 0 bridgehead atoms. The van der Waals surface area contributed by atoms with Crippen LogP contribution < -0.4 is 4.74 Å². The normalized spacial score (nSPS) is 10.4. The summed E-state index contributed by atoms with van der Waals surface area (Å²) in [5, 5.41) is 6.39. The number of hydrogen-bond donors (Lipinski definition) is 0. The predicted molar refractivity (Wildman–Crippen MR) is 58.1 cm³/mol. The summed E-state index contributed by atoms with van der Waals surface area (Å²) in [5.41, 5.74) is 0.939. The van der Waals surface area contributed by atoms with Gasteiger partial charge in [0.1, 0.15) is 7.11 Å². The molecule has 0 aliphatic carbocycles. The van der Waals surface area contributed by atoms with Crippen molar-refractivity contribution in [3.8, 4) is 5.06 Å². The number of halogens is 1. The van der Waals surface area contributed by atoms with E-state index in [1.807, 2.05) is 11.4 Å². The second-order valence-electron chi connectivity index (χ2n) is 2.21. The summed E-state index contributed by atoms with van der Waals surface area (Å²) in [6, 6.07) is 1.88. The Hall–Kier alpha value is -0.880. The molecule has 0 spiro atoms. The number of ether oxygens (including phenoxy) is 1. The van der Waals surface area contributed by atoms with E-state index in [-0.39, 0.29) is 0 Å². The van der Waals surface area contributed by atoms with Gasteiger partial charge in [0, 0.05) is 10.9 Å². The largest absolute Gasteiger partial charge is 0.411 e. The van der Waals surface area contributed by atoms with Crippen molar-refractivity contribution in [2.45, 2.75) is 5.33 Å². The van der Waals surface area contributed by atoms with Gasteiger partial charge in [-0.2, -0.15) is 0 Å². The molecular formula is C8H8BrNO3S. The maximum atomic E-state index is 11.1. The number of carbonyl (C=O) groups excluding carboxylic acids is 1. The minimum atomic E-state index is -0.545.